The lowest BCUT2D eigenvalue weighted by molar-refractivity contribution is 0.352. The Morgan fingerprint density at radius 2 is 1.75 bits per heavy atom. The molecule has 1 N–H and O–H groups in total. The van der Waals surface area contributed by atoms with Gasteiger partial charge in [0.1, 0.15) is 11.5 Å². The maximum Gasteiger partial charge on any atom is 0.121 e. The van der Waals surface area contributed by atoms with E-state index >= 15 is 0 Å². The van der Waals surface area contributed by atoms with Gasteiger partial charge in [-0.3, -0.25) is 0 Å². The molecule has 1 fully saturated rings. The van der Waals surface area contributed by atoms with Gasteiger partial charge in [-0.1, -0.05) is 27.7 Å². The van der Waals surface area contributed by atoms with Gasteiger partial charge in [0, 0.05) is 0 Å². The number of rotatable bonds is 3. The van der Waals surface area contributed by atoms with Crippen LogP contribution >= 0.6 is 0 Å². The van der Waals surface area contributed by atoms with Crippen LogP contribution in [0.15, 0.2) is 16.5 Å². The van der Waals surface area contributed by atoms with Crippen molar-refractivity contribution in [3.8, 4) is 0 Å². The van der Waals surface area contributed by atoms with E-state index < -0.39 is 0 Å². The van der Waals surface area contributed by atoms with Crippen LogP contribution in [0, 0.1) is 23.7 Å². The normalized spacial score (nSPS) is 24.4. The van der Waals surface area contributed by atoms with Crippen molar-refractivity contribution in [1.82, 2.24) is 5.32 Å². The first-order valence-corrected chi connectivity index (χ1v) is 6.06. The Hall–Kier alpha value is -0.760. The highest BCUT2D eigenvalue weighted by Crippen LogP contribution is 2.72. The van der Waals surface area contributed by atoms with E-state index in [1.165, 1.54) is 0 Å². The van der Waals surface area contributed by atoms with E-state index in [-0.39, 0.29) is 0 Å². The first-order valence-electron chi connectivity index (χ1n) is 6.06. The van der Waals surface area contributed by atoms with Gasteiger partial charge in [-0.25, -0.2) is 0 Å². The molecule has 1 atom stereocenters. The molecule has 0 aromatic carbocycles. The maximum atomic E-state index is 5.76. The summed E-state index contributed by atoms with van der Waals surface area (Å²) in [6.45, 7) is 11.4. The minimum atomic E-state index is 0.332. The molecular weight excluding hydrogens is 198 g/mol. The molecule has 1 aromatic heterocycles. The molecule has 0 bridgehead atoms. The third-order valence-corrected chi connectivity index (χ3v) is 4.84. The molecule has 0 radical (unpaired) electrons. The molecule has 1 aliphatic rings. The Labute approximate surface area is 98.4 Å². The van der Waals surface area contributed by atoms with Crippen LogP contribution in [0.4, 0.5) is 0 Å². The van der Waals surface area contributed by atoms with E-state index in [1.807, 2.05) is 20.0 Å². The van der Waals surface area contributed by atoms with E-state index in [0.717, 1.165) is 11.5 Å². The number of hydrogen-bond acceptors (Lipinski definition) is 2. The average Bonchev–Trinajstić information content (AvgIpc) is 2.55. The predicted octanol–water partition coefficient (Wildman–Crippen LogP) is 3.53. The lowest BCUT2D eigenvalue weighted by Crippen LogP contribution is -2.20. The molecular formula is C14H23NO. The quantitative estimate of drug-likeness (QED) is 0.844. The fourth-order valence-electron chi connectivity index (χ4n) is 3.17. The molecule has 2 heteroatoms. The van der Waals surface area contributed by atoms with Crippen molar-refractivity contribution in [2.45, 2.75) is 40.7 Å². The minimum absolute atomic E-state index is 0.332. The molecule has 0 spiro atoms. The van der Waals surface area contributed by atoms with Crippen molar-refractivity contribution < 1.29 is 4.42 Å². The van der Waals surface area contributed by atoms with Crippen LogP contribution in [0.1, 0.15) is 45.3 Å². The number of furan rings is 1. The summed E-state index contributed by atoms with van der Waals surface area (Å²) >= 11 is 0. The van der Waals surface area contributed by atoms with Crippen molar-refractivity contribution in [2.24, 2.45) is 16.7 Å². The van der Waals surface area contributed by atoms with Gasteiger partial charge in [-0.15, -0.1) is 0 Å². The second kappa shape index (κ2) is 3.36. The van der Waals surface area contributed by atoms with Gasteiger partial charge in [-0.2, -0.15) is 0 Å². The molecule has 1 saturated carbocycles. The van der Waals surface area contributed by atoms with Crippen LogP contribution in [0.2, 0.25) is 0 Å². The lowest BCUT2D eigenvalue weighted by Gasteiger charge is -2.15. The first kappa shape index (κ1) is 11.7. The van der Waals surface area contributed by atoms with Crippen LogP contribution in [0.25, 0.3) is 0 Å². The van der Waals surface area contributed by atoms with Gasteiger partial charge >= 0.3 is 0 Å². The Balaban J connectivity index is 2.26. The fourth-order valence-corrected chi connectivity index (χ4v) is 3.17. The Morgan fingerprint density at radius 1 is 1.19 bits per heavy atom. The zero-order valence-corrected chi connectivity index (χ0v) is 11.2. The minimum Gasteiger partial charge on any atom is -0.465 e. The first-order chi connectivity index (χ1) is 7.32. The molecule has 90 valence electrons. The molecule has 2 nitrogen and oxygen atoms in total. The molecule has 0 aliphatic heterocycles. The monoisotopic (exact) mass is 221 g/mol. The smallest absolute Gasteiger partial charge is 0.121 e. The van der Waals surface area contributed by atoms with Crippen LogP contribution < -0.4 is 5.32 Å². The van der Waals surface area contributed by atoms with Crippen molar-refractivity contribution in [2.75, 3.05) is 7.05 Å². The van der Waals surface area contributed by atoms with Gasteiger partial charge in [0.15, 0.2) is 0 Å². The molecule has 1 heterocycles. The molecule has 1 aliphatic carbocycles. The van der Waals surface area contributed by atoms with Gasteiger partial charge in [0.2, 0.25) is 0 Å². The van der Waals surface area contributed by atoms with Crippen LogP contribution in [0.3, 0.4) is 0 Å². The van der Waals surface area contributed by atoms with Gasteiger partial charge in [0.25, 0.3) is 0 Å². The summed E-state index contributed by atoms with van der Waals surface area (Å²) < 4.78 is 5.76. The molecule has 1 aromatic rings. The third-order valence-electron chi connectivity index (χ3n) is 4.84. The summed E-state index contributed by atoms with van der Waals surface area (Å²) in [7, 11) is 2.02. The van der Waals surface area contributed by atoms with Crippen molar-refractivity contribution in [3.63, 3.8) is 0 Å². The summed E-state index contributed by atoms with van der Waals surface area (Å²) in [5.74, 6) is 2.70. The second-order valence-corrected chi connectivity index (χ2v) is 6.14. The zero-order valence-electron chi connectivity index (χ0n) is 11.2. The Bertz CT molecular complexity index is 375. The molecule has 16 heavy (non-hydrogen) atoms. The standard InChI is InChI=1S/C14H23NO/c1-9-7-8-10(16-9)11(15-6)12-13(2,3)14(12,4)5/h7-8,11-12,15H,1-6H3. The predicted molar refractivity (Wildman–Crippen MR) is 66.3 cm³/mol. The SMILES string of the molecule is CNC(c1ccc(C)o1)C1C(C)(C)C1(C)C. The zero-order chi connectivity index (χ0) is 12.1. The van der Waals surface area contributed by atoms with Crippen LogP contribution in [-0.2, 0) is 0 Å². The summed E-state index contributed by atoms with van der Waals surface area (Å²) in [5, 5.41) is 3.41. The van der Waals surface area contributed by atoms with E-state index in [2.05, 4.69) is 39.1 Å². The van der Waals surface area contributed by atoms with E-state index in [4.69, 9.17) is 4.42 Å². The topological polar surface area (TPSA) is 25.2 Å². The van der Waals surface area contributed by atoms with Crippen molar-refractivity contribution in [1.29, 1.82) is 0 Å². The third kappa shape index (κ3) is 1.43. The number of aryl methyl sites for hydroxylation is 1. The Morgan fingerprint density at radius 3 is 2.06 bits per heavy atom. The lowest BCUT2D eigenvalue weighted by atomic mass is 10.0. The summed E-state index contributed by atoms with van der Waals surface area (Å²) in [6, 6.07) is 4.47. The van der Waals surface area contributed by atoms with E-state index in [1.54, 1.807) is 0 Å². The van der Waals surface area contributed by atoms with Gasteiger partial charge < -0.3 is 9.73 Å². The molecule has 0 amide bonds. The molecule has 2 rings (SSSR count). The van der Waals surface area contributed by atoms with Crippen molar-refractivity contribution in [3.05, 3.63) is 23.7 Å². The number of hydrogen-bond donors (Lipinski definition) is 1. The molecule has 0 saturated heterocycles. The highest BCUT2D eigenvalue weighted by Gasteiger charge is 2.67. The van der Waals surface area contributed by atoms with E-state index in [0.29, 0.717) is 22.8 Å². The fraction of sp³-hybridized carbons (Fsp3) is 0.714. The summed E-state index contributed by atoms with van der Waals surface area (Å²) in [4.78, 5) is 0. The van der Waals surface area contributed by atoms with E-state index in [9.17, 15) is 0 Å². The Kier molecular flexibility index (Phi) is 2.46. The molecule has 1 unspecified atom stereocenters. The average molecular weight is 221 g/mol. The van der Waals surface area contributed by atoms with Crippen molar-refractivity contribution >= 4 is 0 Å². The second-order valence-electron chi connectivity index (χ2n) is 6.14. The van der Waals surface area contributed by atoms with Crippen LogP contribution in [-0.4, -0.2) is 7.05 Å². The van der Waals surface area contributed by atoms with Gasteiger partial charge in [-0.05, 0) is 42.9 Å². The highest BCUT2D eigenvalue weighted by atomic mass is 16.3. The number of nitrogens with one attached hydrogen (secondary N) is 1. The summed E-state index contributed by atoms with van der Waals surface area (Å²) in [5.41, 5.74) is 0.753. The maximum absolute atomic E-state index is 5.76. The summed E-state index contributed by atoms with van der Waals surface area (Å²) in [6.07, 6.45) is 0. The highest BCUT2D eigenvalue weighted by molar-refractivity contribution is 5.22. The largest absolute Gasteiger partial charge is 0.465 e. The van der Waals surface area contributed by atoms with Gasteiger partial charge in [0.05, 0.1) is 6.04 Å². The van der Waals surface area contributed by atoms with Crippen LogP contribution in [0.5, 0.6) is 0 Å².